The van der Waals surface area contributed by atoms with E-state index in [0.717, 1.165) is 40.8 Å². The molecule has 9 heteroatoms. The van der Waals surface area contributed by atoms with Gasteiger partial charge in [0.1, 0.15) is 11.5 Å². The molecule has 3 aromatic carbocycles. The van der Waals surface area contributed by atoms with E-state index in [4.69, 9.17) is 26.1 Å². The van der Waals surface area contributed by atoms with Gasteiger partial charge in [-0.05, 0) is 60.4 Å². The van der Waals surface area contributed by atoms with Crippen LogP contribution in [0.4, 0.5) is 10.5 Å². The lowest BCUT2D eigenvalue weighted by Gasteiger charge is -2.35. The van der Waals surface area contributed by atoms with Crippen molar-refractivity contribution in [3.8, 4) is 11.5 Å². The predicted molar refractivity (Wildman–Crippen MR) is 160 cm³/mol. The van der Waals surface area contributed by atoms with Crippen molar-refractivity contribution in [1.29, 1.82) is 0 Å². The minimum absolute atomic E-state index is 0.238. The van der Waals surface area contributed by atoms with Crippen LogP contribution in [0, 0.1) is 0 Å². The summed E-state index contributed by atoms with van der Waals surface area (Å²) in [7, 11) is 0. The van der Waals surface area contributed by atoms with Crippen molar-refractivity contribution >= 4 is 41.2 Å². The maximum absolute atomic E-state index is 13.0. The second-order valence-corrected chi connectivity index (χ2v) is 11.3. The molecule has 3 aliphatic heterocycles. The first-order valence-electron chi connectivity index (χ1n) is 13.7. The van der Waals surface area contributed by atoms with E-state index in [1.165, 1.54) is 0 Å². The normalized spacial score (nSPS) is 16.8. The lowest BCUT2D eigenvalue weighted by molar-refractivity contribution is 0.124. The summed E-state index contributed by atoms with van der Waals surface area (Å²) in [5.41, 5.74) is 4.64. The number of amidine groups is 1. The molecule has 41 heavy (non-hydrogen) atoms. The summed E-state index contributed by atoms with van der Waals surface area (Å²) in [4.78, 5) is 26.0. The zero-order valence-electron chi connectivity index (χ0n) is 23.0. The maximum Gasteiger partial charge on any atom is 0.415 e. The number of rotatable bonds is 3. The number of phenolic OH excluding ortho intramolecular Hbond substituents is 1. The van der Waals surface area contributed by atoms with Crippen molar-refractivity contribution in [1.82, 2.24) is 9.80 Å². The first kappa shape index (κ1) is 26.9. The molecule has 1 amide bonds. The molecule has 1 saturated heterocycles. The Morgan fingerprint density at radius 1 is 0.976 bits per heavy atom. The van der Waals surface area contributed by atoms with Gasteiger partial charge in [0.15, 0.2) is 0 Å². The fraction of sp³-hybridized carbons (Fsp3) is 0.281. The van der Waals surface area contributed by atoms with Crippen LogP contribution in [0.25, 0.3) is 5.57 Å². The minimum atomic E-state index is -0.391. The number of hydrogen-bond donors (Lipinski definition) is 1. The number of benzene rings is 3. The van der Waals surface area contributed by atoms with E-state index in [9.17, 15) is 9.90 Å². The Balaban J connectivity index is 1.10. The first-order valence-corrected chi connectivity index (χ1v) is 14.1. The number of phenols is 1. The van der Waals surface area contributed by atoms with Crippen LogP contribution in [0.3, 0.4) is 0 Å². The Kier molecular flexibility index (Phi) is 7.17. The fourth-order valence-electron chi connectivity index (χ4n) is 5.31. The van der Waals surface area contributed by atoms with E-state index in [2.05, 4.69) is 18.8 Å². The highest BCUT2D eigenvalue weighted by molar-refractivity contribution is 6.31. The van der Waals surface area contributed by atoms with Crippen LogP contribution in [0.15, 0.2) is 82.6 Å². The topological polar surface area (TPSA) is 87.0 Å². The molecule has 0 bridgehead atoms. The molecule has 1 fully saturated rings. The number of aromatic hydroxyl groups is 1. The molecule has 0 saturated carbocycles. The van der Waals surface area contributed by atoms with Gasteiger partial charge < -0.3 is 24.4 Å². The van der Waals surface area contributed by atoms with Gasteiger partial charge >= 0.3 is 6.09 Å². The predicted octanol–water partition coefficient (Wildman–Crippen LogP) is 6.74. The molecule has 3 aromatic rings. The fourth-order valence-corrected chi connectivity index (χ4v) is 5.48. The molecule has 0 radical (unpaired) electrons. The molecule has 0 aliphatic carbocycles. The van der Waals surface area contributed by atoms with Gasteiger partial charge in [-0.3, -0.25) is 0 Å². The maximum atomic E-state index is 13.0. The van der Waals surface area contributed by atoms with Crippen LogP contribution in [0.2, 0.25) is 5.02 Å². The van der Waals surface area contributed by atoms with Gasteiger partial charge in [0.05, 0.1) is 5.69 Å². The van der Waals surface area contributed by atoms with Crippen molar-refractivity contribution in [2.75, 3.05) is 26.2 Å². The standard InChI is InChI=1S/C32H31ClN4O4/c1-32(2,21-5-10-24(38)11-6-21)22-7-12-25(13-8-22)40-31(39)37-18-16-36(17-19-37)30-35-28-20-23(33)9-14-26(28)27-4-3-15-34-29(27)41-30/h5-15,20,38H,3-4,16-19H2,1-2H3. The van der Waals surface area contributed by atoms with Gasteiger partial charge in [-0.25, -0.2) is 9.79 Å². The summed E-state index contributed by atoms with van der Waals surface area (Å²) in [5.74, 6) is 1.29. The number of amides is 1. The highest BCUT2D eigenvalue weighted by Gasteiger charge is 2.30. The zero-order chi connectivity index (χ0) is 28.6. The van der Waals surface area contributed by atoms with Gasteiger partial charge in [0.25, 0.3) is 6.02 Å². The highest BCUT2D eigenvalue weighted by atomic mass is 35.5. The van der Waals surface area contributed by atoms with Crippen LogP contribution in [0.1, 0.15) is 43.4 Å². The van der Waals surface area contributed by atoms with Crippen molar-refractivity contribution < 1.29 is 19.4 Å². The summed E-state index contributed by atoms with van der Waals surface area (Å²) in [6, 6.07) is 20.9. The lowest BCUT2D eigenvalue weighted by atomic mass is 9.78. The second kappa shape index (κ2) is 10.9. The van der Waals surface area contributed by atoms with Gasteiger partial charge in [0, 0.05) is 54.0 Å². The number of halogens is 1. The third-order valence-electron chi connectivity index (χ3n) is 7.86. The number of carbonyl (C=O) groups excluding carboxylic acids is 1. The molecule has 6 rings (SSSR count). The Labute approximate surface area is 244 Å². The Hall–Kier alpha value is -4.30. The van der Waals surface area contributed by atoms with Gasteiger partial charge in [0.2, 0.25) is 5.88 Å². The average molecular weight is 571 g/mol. The van der Waals surface area contributed by atoms with Crippen LogP contribution >= 0.6 is 11.6 Å². The number of hydrogen-bond acceptors (Lipinski definition) is 7. The third-order valence-corrected chi connectivity index (χ3v) is 8.09. The SMILES string of the molecule is CC(C)(c1ccc(O)cc1)c1ccc(OC(=O)N2CCN(C3=Nc4cc(Cl)ccc4C4=C(N=CCC4)O3)CC2)cc1. The van der Waals surface area contributed by atoms with E-state index < -0.39 is 6.09 Å². The molecule has 3 aliphatic rings. The molecule has 0 aromatic heterocycles. The number of ether oxygens (including phenoxy) is 2. The lowest BCUT2D eigenvalue weighted by Crippen LogP contribution is -2.51. The van der Waals surface area contributed by atoms with Crippen LogP contribution < -0.4 is 4.74 Å². The molecule has 1 N–H and O–H groups in total. The number of carbonyl (C=O) groups is 1. The zero-order valence-corrected chi connectivity index (χ0v) is 23.8. The third kappa shape index (κ3) is 5.52. The van der Waals surface area contributed by atoms with Crippen molar-refractivity contribution in [2.24, 2.45) is 9.98 Å². The van der Waals surface area contributed by atoms with Crippen molar-refractivity contribution in [2.45, 2.75) is 32.1 Å². The second-order valence-electron chi connectivity index (χ2n) is 10.8. The van der Waals surface area contributed by atoms with E-state index in [1.807, 2.05) is 65.7 Å². The number of aliphatic imine (C=N–C) groups is 2. The Morgan fingerprint density at radius 2 is 1.66 bits per heavy atom. The number of nitrogens with zero attached hydrogens (tertiary/aromatic N) is 4. The summed E-state index contributed by atoms with van der Waals surface area (Å²) in [5, 5.41) is 10.2. The van der Waals surface area contributed by atoms with E-state index in [1.54, 1.807) is 17.0 Å². The molecular formula is C32H31ClN4O4. The molecule has 0 unspecified atom stereocenters. The quantitative estimate of drug-likeness (QED) is 0.377. The van der Waals surface area contributed by atoms with Crippen LogP contribution in [-0.4, -0.2) is 59.4 Å². The van der Waals surface area contributed by atoms with E-state index >= 15 is 0 Å². The molecule has 210 valence electrons. The first-order chi connectivity index (χ1) is 19.8. The summed E-state index contributed by atoms with van der Waals surface area (Å²) < 4.78 is 11.9. The monoisotopic (exact) mass is 570 g/mol. The number of piperazine rings is 1. The number of allylic oxidation sites excluding steroid dienone is 1. The summed E-state index contributed by atoms with van der Waals surface area (Å²) >= 11 is 6.29. The van der Waals surface area contributed by atoms with Crippen molar-refractivity contribution in [3.05, 3.63) is 94.3 Å². The van der Waals surface area contributed by atoms with E-state index in [0.29, 0.717) is 48.9 Å². The smallest absolute Gasteiger partial charge is 0.415 e. The number of fused-ring (bicyclic) bond motifs is 2. The summed E-state index contributed by atoms with van der Waals surface area (Å²) in [6.07, 6.45) is 3.15. The van der Waals surface area contributed by atoms with Gasteiger partial charge in [-0.2, -0.15) is 4.99 Å². The van der Waals surface area contributed by atoms with Crippen LogP contribution in [0.5, 0.6) is 11.5 Å². The van der Waals surface area contributed by atoms with Gasteiger partial charge in [-0.15, -0.1) is 0 Å². The average Bonchev–Trinajstić information content (AvgIpc) is 3.14. The van der Waals surface area contributed by atoms with E-state index in [-0.39, 0.29) is 11.2 Å². The molecule has 0 atom stereocenters. The molecular weight excluding hydrogens is 540 g/mol. The molecule has 0 spiro atoms. The van der Waals surface area contributed by atoms with Crippen molar-refractivity contribution in [3.63, 3.8) is 0 Å². The highest BCUT2D eigenvalue weighted by Crippen LogP contribution is 2.39. The minimum Gasteiger partial charge on any atom is -0.508 e. The molecule has 8 nitrogen and oxygen atoms in total. The molecule has 3 heterocycles. The van der Waals surface area contributed by atoms with Gasteiger partial charge in [-0.1, -0.05) is 55.8 Å². The largest absolute Gasteiger partial charge is 0.508 e. The Morgan fingerprint density at radius 3 is 2.37 bits per heavy atom. The summed E-state index contributed by atoms with van der Waals surface area (Å²) in [6.45, 7) is 6.24. The Bertz CT molecular complexity index is 1550. The van der Waals surface area contributed by atoms with Crippen LogP contribution in [-0.2, 0) is 10.2 Å².